The summed E-state index contributed by atoms with van der Waals surface area (Å²) < 4.78 is 13.2. The minimum absolute atomic E-state index is 0.168. The molecular formula is C18H28FN3O. The van der Waals surface area contributed by atoms with Crippen molar-refractivity contribution in [2.75, 3.05) is 26.2 Å². The fourth-order valence-corrected chi connectivity index (χ4v) is 3.06. The van der Waals surface area contributed by atoms with Crippen molar-refractivity contribution in [2.24, 2.45) is 5.92 Å². The Bertz CT molecular complexity index is 521. The average Bonchev–Trinajstić information content (AvgIpc) is 2.53. The fraction of sp³-hybridized carbons (Fsp3) is 0.611. The van der Waals surface area contributed by atoms with Crippen molar-refractivity contribution in [2.45, 2.75) is 39.7 Å². The molecule has 0 spiro atoms. The molecule has 4 nitrogen and oxygen atoms in total. The molecule has 1 fully saturated rings. The van der Waals surface area contributed by atoms with Gasteiger partial charge in [0.2, 0.25) is 0 Å². The Morgan fingerprint density at radius 1 is 1.39 bits per heavy atom. The lowest BCUT2D eigenvalue weighted by Crippen LogP contribution is -2.38. The Kier molecular flexibility index (Phi) is 6.84. The van der Waals surface area contributed by atoms with E-state index in [-0.39, 0.29) is 11.8 Å². The summed E-state index contributed by atoms with van der Waals surface area (Å²) in [5.41, 5.74) is 1.50. The number of benzene rings is 1. The van der Waals surface area contributed by atoms with Gasteiger partial charge in [-0.1, -0.05) is 19.1 Å². The Balaban J connectivity index is 1.58. The summed E-state index contributed by atoms with van der Waals surface area (Å²) in [6.45, 7) is 8.52. The summed E-state index contributed by atoms with van der Waals surface area (Å²) in [7, 11) is 0. The molecule has 0 aliphatic carbocycles. The van der Waals surface area contributed by atoms with Gasteiger partial charge in [-0.2, -0.15) is 0 Å². The number of amides is 2. The Morgan fingerprint density at radius 3 is 2.96 bits per heavy atom. The maximum atomic E-state index is 13.2. The van der Waals surface area contributed by atoms with E-state index in [1.165, 1.54) is 32.0 Å². The monoisotopic (exact) mass is 321 g/mol. The fourth-order valence-electron chi connectivity index (χ4n) is 3.06. The number of nitrogens with zero attached hydrogens (tertiary/aromatic N) is 1. The van der Waals surface area contributed by atoms with Crippen molar-refractivity contribution in [3.05, 3.63) is 35.1 Å². The van der Waals surface area contributed by atoms with Gasteiger partial charge in [0, 0.05) is 19.6 Å². The minimum atomic E-state index is -0.217. The predicted molar refractivity (Wildman–Crippen MR) is 90.8 cm³/mol. The van der Waals surface area contributed by atoms with Crippen LogP contribution >= 0.6 is 0 Å². The number of hydrogen-bond acceptors (Lipinski definition) is 2. The lowest BCUT2D eigenvalue weighted by Gasteiger charge is -2.30. The van der Waals surface area contributed by atoms with E-state index in [9.17, 15) is 9.18 Å². The lowest BCUT2D eigenvalue weighted by molar-refractivity contribution is 0.181. The van der Waals surface area contributed by atoms with E-state index < -0.39 is 0 Å². The van der Waals surface area contributed by atoms with Gasteiger partial charge in [-0.25, -0.2) is 9.18 Å². The predicted octanol–water partition coefficient (Wildman–Crippen LogP) is 3.06. The molecule has 128 valence electrons. The number of aryl methyl sites for hydroxylation is 1. The third-order valence-electron chi connectivity index (χ3n) is 4.35. The van der Waals surface area contributed by atoms with Gasteiger partial charge in [-0.05, 0) is 62.4 Å². The number of rotatable bonds is 6. The van der Waals surface area contributed by atoms with Crippen LogP contribution in [0.2, 0.25) is 0 Å². The molecule has 1 unspecified atom stereocenters. The number of carbonyl (C=O) groups is 1. The molecule has 2 N–H and O–H groups in total. The highest BCUT2D eigenvalue weighted by Crippen LogP contribution is 2.15. The molecule has 0 bridgehead atoms. The molecule has 1 aromatic carbocycles. The summed E-state index contributed by atoms with van der Waals surface area (Å²) in [6.07, 6.45) is 3.59. The Hall–Kier alpha value is -1.62. The second-order valence-corrected chi connectivity index (χ2v) is 6.59. The standard InChI is InChI=1S/C18H28FN3O/c1-14-5-3-9-22(13-14)10-4-8-20-18(23)21-12-16-6-7-17(19)15(2)11-16/h6-7,11,14H,3-5,8-10,12-13H2,1-2H3,(H2,20,21,23). The third-order valence-corrected chi connectivity index (χ3v) is 4.35. The van der Waals surface area contributed by atoms with Gasteiger partial charge in [0.15, 0.2) is 0 Å². The van der Waals surface area contributed by atoms with Crippen molar-refractivity contribution in [3.63, 3.8) is 0 Å². The number of nitrogens with one attached hydrogen (secondary N) is 2. The van der Waals surface area contributed by atoms with Crippen molar-refractivity contribution < 1.29 is 9.18 Å². The first-order valence-electron chi connectivity index (χ1n) is 8.53. The lowest BCUT2D eigenvalue weighted by atomic mass is 10.0. The van der Waals surface area contributed by atoms with Gasteiger partial charge >= 0.3 is 6.03 Å². The first-order valence-corrected chi connectivity index (χ1v) is 8.53. The van der Waals surface area contributed by atoms with E-state index in [0.29, 0.717) is 18.7 Å². The number of halogens is 1. The van der Waals surface area contributed by atoms with Crippen LogP contribution < -0.4 is 10.6 Å². The summed E-state index contributed by atoms with van der Waals surface area (Å²) >= 11 is 0. The van der Waals surface area contributed by atoms with E-state index in [1.807, 2.05) is 0 Å². The molecule has 0 aromatic heterocycles. The molecule has 1 aromatic rings. The van der Waals surface area contributed by atoms with Crippen LogP contribution in [0, 0.1) is 18.7 Å². The Labute approximate surface area is 138 Å². The van der Waals surface area contributed by atoms with Crippen LogP contribution in [-0.2, 0) is 6.54 Å². The summed E-state index contributed by atoms with van der Waals surface area (Å²) in [6, 6.07) is 4.72. The first-order chi connectivity index (χ1) is 11.0. The normalized spacial score (nSPS) is 18.7. The van der Waals surface area contributed by atoms with Crippen molar-refractivity contribution >= 4 is 6.03 Å². The number of likely N-dealkylation sites (tertiary alicyclic amines) is 1. The number of hydrogen-bond donors (Lipinski definition) is 2. The molecule has 1 atom stereocenters. The zero-order valence-electron chi connectivity index (χ0n) is 14.2. The van der Waals surface area contributed by atoms with Crippen molar-refractivity contribution in [1.29, 1.82) is 0 Å². The zero-order chi connectivity index (χ0) is 16.7. The quantitative estimate of drug-likeness (QED) is 0.791. The van der Waals surface area contributed by atoms with Gasteiger partial charge in [0.25, 0.3) is 0 Å². The highest BCUT2D eigenvalue weighted by atomic mass is 19.1. The topological polar surface area (TPSA) is 44.4 Å². The number of piperidine rings is 1. The van der Waals surface area contributed by atoms with E-state index in [1.54, 1.807) is 19.1 Å². The molecule has 5 heteroatoms. The maximum absolute atomic E-state index is 13.2. The molecule has 0 radical (unpaired) electrons. The summed E-state index contributed by atoms with van der Waals surface area (Å²) in [4.78, 5) is 14.2. The van der Waals surface area contributed by atoms with Gasteiger partial charge in [-0.15, -0.1) is 0 Å². The van der Waals surface area contributed by atoms with Crippen LogP contribution in [0.15, 0.2) is 18.2 Å². The van der Waals surface area contributed by atoms with Crippen LogP contribution in [0.1, 0.15) is 37.3 Å². The first kappa shape index (κ1) is 17.7. The van der Waals surface area contributed by atoms with Crippen molar-refractivity contribution in [3.8, 4) is 0 Å². The van der Waals surface area contributed by atoms with E-state index in [4.69, 9.17) is 0 Å². The third kappa shape index (κ3) is 6.18. The van der Waals surface area contributed by atoms with E-state index in [0.717, 1.165) is 24.4 Å². The summed E-state index contributed by atoms with van der Waals surface area (Å²) in [5.74, 6) is 0.574. The molecule has 1 aliphatic rings. The minimum Gasteiger partial charge on any atom is -0.338 e. The van der Waals surface area contributed by atoms with Crippen LogP contribution in [0.4, 0.5) is 9.18 Å². The van der Waals surface area contributed by atoms with Crippen molar-refractivity contribution in [1.82, 2.24) is 15.5 Å². The number of urea groups is 1. The van der Waals surface area contributed by atoms with E-state index in [2.05, 4.69) is 22.5 Å². The molecule has 0 saturated carbocycles. The molecule has 2 rings (SSSR count). The van der Waals surface area contributed by atoms with Crippen LogP contribution in [0.3, 0.4) is 0 Å². The van der Waals surface area contributed by atoms with Crippen LogP contribution in [0.5, 0.6) is 0 Å². The Morgan fingerprint density at radius 2 is 2.22 bits per heavy atom. The maximum Gasteiger partial charge on any atom is 0.315 e. The molecule has 1 aliphatic heterocycles. The molecule has 1 heterocycles. The summed E-state index contributed by atoms with van der Waals surface area (Å²) in [5, 5.41) is 5.68. The molecular weight excluding hydrogens is 293 g/mol. The molecule has 23 heavy (non-hydrogen) atoms. The molecule has 1 saturated heterocycles. The second kappa shape index (κ2) is 8.87. The average molecular weight is 321 g/mol. The van der Waals surface area contributed by atoms with Crippen LogP contribution in [0.25, 0.3) is 0 Å². The second-order valence-electron chi connectivity index (χ2n) is 6.59. The zero-order valence-corrected chi connectivity index (χ0v) is 14.2. The van der Waals surface area contributed by atoms with Gasteiger partial charge < -0.3 is 15.5 Å². The SMILES string of the molecule is Cc1cc(CNC(=O)NCCCN2CCCC(C)C2)ccc1F. The van der Waals surface area contributed by atoms with Gasteiger partial charge in [-0.3, -0.25) is 0 Å². The highest BCUT2D eigenvalue weighted by Gasteiger charge is 2.15. The molecule has 2 amide bonds. The van der Waals surface area contributed by atoms with Gasteiger partial charge in [0.05, 0.1) is 0 Å². The largest absolute Gasteiger partial charge is 0.338 e. The van der Waals surface area contributed by atoms with Crippen LogP contribution in [-0.4, -0.2) is 37.1 Å². The van der Waals surface area contributed by atoms with Gasteiger partial charge in [0.1, 0.15) is 5.82 Å². The smallest absolute Gasteiger partial charge is 0.315 e. The number of carbonyl (C=O) groups excluding carboxylic acids is 1. The highest BCUT2D eigenvalue weighted by molar-refractivity contribution is 5.73. The van der Waals surface area contributed by atoms with E-state index >= 15 is 0 Å².